The lowest BCUT2D eigenvalue weighted by molar-refractivity contribution is -0.112. The Labute approximate surface area is 175 Å². The van der Waals surface area contributed by atoms with Gasteiger partial charge in [-0.15, -0.1) is 0 Å². The second-order valence-electron chi connectivity index (χ2n) is 7.54. The van der Waals surface area contributed by atoms with Crippen LogP contribution >= 0.6 is 11.8 Å². The zero-order chi connectivity index (χ0) is 21.7. The number of rotatable bonds is 5. The Balaban J connectivity index is 2.37. The van der Waals surface area contributed by atoms with Crippen molar-refractivity contribution in [2.45, 2.75) is 57.7 Å². The molecule has 1 amide bonds. The first kappa shape index (κ1) is 22.8. The normalized spacial score (nSPS) is 22.6. The van der Waals surface area contributed by atoms with E-state index in [9.17, 15) is 9.18 Å². The second kappa shape index (κ2) is 9.35. The van der Waals surface area contributed by atoms with Gasteiger partial charge in [0.2, 0.25) is 0 Å². The van der Waals surface area contributed by atoms with Crippen LogP contribution in [0.4, 0.5) is 10.1 Å². The highest BCUT2D eigenvalue weighted by Crippen LogP contribution is 2.42. The van der Waals surface area contributed by atoms with Gasteiger partial charge in [0.15, 0.2) is 5.17 Å². The van der Waals surface area contributed by atoms with Crippen molar-refractivity contribution < 1.29 is 9.18 Å². The number of carbonyl (C=O) groups is 1. The standard InChI is InChI=1S/C21H28FN5OS/c1-6-24-13-17(25-7-2)18(28)26-14-8-9-16(22)15(12-14)21(5)11-10-20(3,4)29-19(23)27-21/h6-9,12-13H,10-11H2,1-5H3,(H2,23,27)(H,26,28)/b17-13-,24-6?,25-7?. The van der Waals surface area contributed by atoms with Crippen LogP contribution in [0.15, 0.2) is 45.1 Å². The number of nitrogens with zero attached hydrogens (tertiary/aromatic N) is 3. The number of benzene rings is 1. The number of nitrogens with two attached hydrogens (primary N) is 1. The molecule has 1 unspecified atom stereocenters. The molecule has 1 aliphatic rings. The molecule has 2 rings (SSSR count). The van der Waals surface area contributed by atoms with Crippen molar-refractivity contribution in [1.82, 2.24) is 0 Å². The van der Waals surface area contributed by atoms with E-state index in [1.807, 2.05) is 6.92 Å². The van der Waals surface area contributed by atoms with Crippen LogP contribution in [-0.4, -0.2) is 28.3 Å². The minimum absolute atomic E-state index is 0.0781. The van der Waals surface area contributed by atoms with Crippen molar-refractivity contribution in [1.29, 1.82) is 0 Å². The number of amides is 1. The van der Waals surface area contributed by atoms with Gasteiger partial charge in [-0.3, -0.25) is 19.8 Å². The first-order valence-electron chi connectivity index (χ1n) is 9.42. The molecular weight excluding hydrogens is 389 g/mol. The fourth-order valence-electron chi connectivity index (χ4n) is 3.04. The Morgan fingerprint density at radius 1 is 1.28 bits per heavy atom. The number of aliphatic imine (C=N–C) groups is 3. The van der Waals surface area contributed by atoms with Gasteiger partial charge in [-0.1, -0.05) is 25.6 Å². The maximum Gasteiger partial charge on any atom is 0.275 e. The minimum atomic E-state index is -0.817. The highest BCUT2D eigenvalue weighted by atomic mass is 32.2. The number of thioether (sulfide) groups is 1. The molecule has 0 aromatic heterocycles. The van der Waals surface area contributed by atoms with E-state index in [4.69, 9.17) is 5.73 Å². The average molecular weight is 418 g/mol. The molecule has 29 heavy (non-hydrogen) atoms. The summed E-state index contributed by atoms with van der Waals surface area (Å²) in [5.41, 5.74) is 6.28. The molecule has 0 radical (unpaired) electrons. The summed E-state index contributed by atoms with van der Waals surface area (Å²) in [7, 11) is 0. The summed E-state index contributed by atoms with van der Waals surface area (Å²) in [6, 6.07) is 4.46. The number of hydrogen-bond donors (Lipinski definition) is 2. The van der Waals surface area contributed by atoms with E-state index in [-0.39, 0.29) is 16.3 Å². The van der Waals surface area contributed by atoms with Crippen LogP contribution in [0.2, 0.25) is 0 Å². The Morgan fingerprint density at radius 2 is 2.00 bits per heavy atom. The van der Waals surface area contributed by atoms with Crippen molar-refractivity contribution >= 4 is 41.0 Å². The molecule has 3 N–H and O–H groups in total. The van der Waals surface area contributed by atoms with Gasteiger partial charge in [-0.05, 0) is 51.8 Å². The molecule has 0 fully saturated rings. The minimum Gasteiger partial charge on any atom is -0.378 e. The number of amidine groups is 1. The maximum atomic E-state index is 14.8. The molecule has 0 saturated carbocycles. The van der Waals surface area contributed by atoms with E-state index >= 15 is 0 Å². The molecule has 0 bridgehead atoms. The van der Waals surface area contributed by atoms with E-state index in [0.29, 0.717) is 22.8 Å². The zero-order valence-electron chi connectivity index (χ0n) is 17.5. The molecule has 1 aliphatic heterocycles. The number of anilines is 1. The first-order valence-corrected chi connectivity index (χ1v) is 10.2. The van der Waals surface area contributed by atoms with Crippen LogP contribution in [0.5, 0.6) is 0 Å². The van der Waals surface area contributed by atoms with Crippen LogP contribution in [0.1, 0.15) is 53.0 Å². The van der Waals surface area contributed by atoms with Gasteiger partial charge < -0.3 is 11.1 Å². The van der Waals surface area contributed by atoms with Gasteiger partial charge in [0.1, 0.15) is 11.5 Å². The third-order valence-electron chi connectivity index (χ3n) is 4.60. The molecule has 1 aromatic rings. The molecule has 8 heteroatoms. The summed E-state index contributed by atoms with van der Waals surface area (Å²) in [4.78, 5) is 25.1. The number of nitrogens with one attached hydrogen (secondary N) is 1. The summed E-state index contributed by atoms with van der Waals surface area (Å²) >= 11 is 1.50. The van der Waals surface area contributed by atoms with Gasteiger partial charge in [0.05, 0.1) is 11.7 Å². The molecule has 0 spiro atoms. The van der Waals surface area contributed by atoms with Gasteiger partial charge >= 0.3 is 0 Å². The van der Waals surface area contributed by atoms with Crippen LogP contribution < -0.4 is 11.1 Å². The average Bonchev–Trinajstić information content (AvgIpc) is 2.75. The van der Waals surface area contributed by atoms with Crippen molar-refractivity contribution in [3.63, 3.8) is 0 Å². The van der Waals surface area contributed by atoms with E-state index < -0.39 is 11.4 Å². The maximum absolute atomic E-state index is 14.8. The monoisotopic (exact) mass is 417 g/mol. The predicted octanol–water partition coefficient (Wildman–Crippen LogP) is 4.62. The van der Waals surface area contributed by atoms with Crippen LogP contribution in [0.25, 0.3) is 0 Å². The van der Waals surface area contributed by atoms with E-state index in [0.717, 1.165) is 6.42 Å². The molecule has 0 saturated heterocycles. The van der Waals surface area contributed by atoms with Crippen molar-refractivity contribution in [2.75, 3.05) is 5.32 Å². The zero-order valence-corrected chi connectivity index (χ0v) is 18.3. The van der Waals surface area contributed by atoms with Crippen molar-refractivity contribution in [3.8, 4) is 0 Å². The Morgan fingerprint density at radius 3 is 2.66 bits per heavy atom. The molecule has 1 atom stereocenters. The Kier molecular flexibility index (Phi) is 7.35. The third kappa shape index (κ3) is 6.00. The van der Waals surface area contributed by atoms with E-state index in [2.05, 4.69) is 34.1 Å². The summed E-state index contributed by atoms with van der Waals surface area (Å²) < 4.78 is 14.7. The topological polar surface area (TPSA) is 92.2 Å². The highest BCUT2D eigenvalue weighted by molar-refractivity contribution is 8.14. The highest BCUT2D eigenvalue weighted by Gasteiger charge is 2.36. The summed E-state index contributed by atoms with van der Waals surface area (Å²) in [6.07, 6.45) is 5.90. The summed E-state index contributed by atoms with van der Waals surface area (Å²) in [5, 5.41) is 3.19. The number of carbonyl (C=O) groups excluding carboxylic acids is 1. The SMILES string of the molecule is CC=N/C=C(\N=CC)C(=O)Nc1ccc(F)c(C2(C)CCC(C)(C)SC(N)=N2)c1. The fourth-order valence-corrected chi connectivity index (χ4v) is 4.06. The van der Waals surface area contributed by atoms with Crippen molar-refractivity contribution in [2.24, 2.45) is 20.7 Å². The molecule has 6 nitrogen and oxygen atoms in total. The van der Waals surface area contributed by atoms with Gasteiger partial charge in [-0.2, -0.15) is 0 Å². The van der Waals surface area contributed by atoms with Crippen LogP contribution in [0.3, 0.4) is 0 Å². The molecule has 156 valence electrons. The number of hydrogen-bond acceptors (Lipinski definition) is 6. The quantitative estimate of drug-likeness (QED) is 0.541. The molecule has 1 aromatic carbocycles. The smallest absolute Gasteiger partial charge is 0.275 e. The molecule has 0 aliphatic carbocycles. The van der Waals surface area contributed by atoms with Crippen LogP contribution in [0, 0.1) is 5.82 Å². The van der Waals surface area contributed by atoms with Gasteiger partial charge in [0, 0.05) is 28.4 Å². The van der Waals surface area contributed by atoms with E-state index in [1.54, 1.807) is 26.1 Å². The summed E-state index contributed by atoms with van der Waals surface area (Å²) in [5.74, 6) is -0.818. The molecule has 1 heterocycles. The Bertz CT molecular complexity index is 891. The Hall–Kier alpha value is -2.48. The third-order valence-corrected chi connectivity index (χ3v) is 5.66. The second-order valence-corrected chi connectivity index (χ2v) is 9.27. The molecular formula is C21H28FN5OS. The van der Waals surface area contributed by atoms with Gasteiger partial charge in [-0.25, -0.2) is 4.39 Å². The summed E-state index contributed by atoms with van der Waals surface area (Å²) in [6.45, 7) is 9.52. The largest absolute Gasteiger partial charge is 0.378 e. The fraction of sp³-hybridized carbons (Fsp3) is 0.429. The first-order chi connectivity index (χ1) is 13.6. The lowest BCUT2D eigenvalue weighted by Crippen LogP contribution is -2.24. The lowest BCUT2D eigenvalue weighted by Gasteiger charge is -2.27. The lowest BCUT2D eigenvalue weighted by atomic mass is 9.85. The van der Waals surface area contributed by atoms with Crippen molar-refractivity contribution in [3.05, 3.63) is 41.5 Å². The predicted molar refractivity (Wildman–Crippen MR) is 121 cm³/mol. The van der Waals surface area contributed by atoms with Crippen LogP contribution in [-0.2, 0) is 10.3 Å². The van der Waals surface area contributed by atoms with Gasteiger partial charge in [0.25, 0.3) is 5.91 Å². The number of halogens is 1. The van der Waals surface area contributed by atoms with E-state index in [1.165, 1.54) is 36.3 Å².